The second-order valence-electron chi connectivity index (χ2n) is 3.69. The number of pyridine rings is 1. The van der Waals surface area contributed by atoms with Crippen molar-refractivity contribution in [1.82, 2.24) is 4.98 Å². The molecule has 17 heavy (non-hydrogen) atoms. The number of nitrogen functional groups attached to an aromatic ring is 1. The third kappa shape index (κ3) is 3.18. The molecule has 0 amide bonds. The molecule has 0 bridgehead atoms. The third-order valence-corrected chi connectivity index (χ3v) is 2.67. The Morgan fingerprint density at radius 1 is 1.18 bits per heavy atom. The molecular weight excluding hydrogens is 280 g/mol. The van der Waals surface area contributed by atoms with Gasteiger partial charge in [-0.25, -0.2) is 10.8 Å². The van der Waals surface area contributed by atoms with Gasteiger partial charge in [0.05, 0.1) is 0 Å². The Morgan fingerprint density at radius 2 is 1.94 bits per heavy atom. The van der Waals surface area contributed by atoms with Gasteiger partial charge in [0.2, 0.25) is 0 Å². The fourth-order valence-corrected chi connectivity index (χ4v) is 2.15. The summed E-state index contributed by atoms with van der Waals surface area (Å²) < 4.78 is 1.04. The normalized spacial score (nSPS) is 10.1. The Morgan fingerprint density at radius 3 is 2.65 bits per heavy atom. The van der Waals surface area contributed by atoms with Crippen molar-refractivity contribution in [1.29, 1.82) is 0 Å². The molecule has 0 fully saturated rings. The topological polar surface area (TPSA) is 63.0 Å². The van der Waals surface area contributed by atoms with Gasteiger partial charge in [-0.15, -0.1) is 0 Å². The molecule has 0 aliphatic heterocycles. The number of nitrogens with zero attached hydrogens (tertiary/aromatic N) is 1. The molecule has 2 aromatic rings. The molecule has 0 spiro atoms. The zero-order valence-corrected chi connectivity index (χ0v) is 11.0. The quantitative estimate of drug-likeness (QED) is 0.601. The van der Waals surface area contributed by atoms with Gasteiger partial charge in [-0.1, -0.05) is 22.0 Å². The fraction of sp³-hybridized carbons (Fsp3) is 0.0833. The summed E-state index contributed by atoms with van der Waals surface area (Å²) in [5, 5.41) is 3.22. The molecule has 0 atom stereocenters. The SMILES string of the molecule is Cc1cc(Br)cc(Nc2cccc(NN)n2)c1. The molecule has 88 valence electrons. The minimum Gasteiger partial charge on any atom is -0.340 e. The zero-order valence-electron chi connectivity index (χ0n) is 9.37. The lowest BCUT2D eigenvalue weighted by molar-refractivity contribution is 1.22. The van der Waals surface area contributed by atoms with E-state index >= 15 is 0 Å². The Balaban J connectivity index is 2.24. The van der Waals surface area contributed by atoms with E-state index in [9.17, 15) is 0 Å². The minimum absolute atomic E-state index is 0.627. The molecule has 1 aromatic heterocycles. The van der Waals surface area contributed by atoms with Gasteiger partial charge in [0.1, 0.15) is 11.6 Å². The van der Waals surface area contributed by atoms with Crippen molar-refractivity contribution in [3.05, 3.63) is 46.4 Å². The molecule has 4 N–H and O–H groups in total. The van der Waals surface area contributed by atoms with E-state index in [1.807, 2.05) is 25.1 Å². The van der Waals surface area contributed by atoms with Crippen molar-refractivity contribution < 1.29 is 0 Å². The van der Waals surface area contributed by atoms with E-state index in [4.69, 9.17) is 5.84 Å². The van der Waals surface area contributed by atoms with Gasteiger partial charge in [-0.3, -0.25) is 0 Å². The highest BCUT2D eigenvalue weighted by molar-refractivity contribution is 9.10. The first-order chi connectivity index (χ1) is 8.17. The van der Waals surface area contributed by atoms with Crippen molar-refractivity contribution in [2.24, 2.45) is 5.84 Å². The Hall–Kier alpha value is -1.59. The number of rotatable bonds is 3. The van der Waals surface area contributed by atoms with Gasteiger partial charge in [-0.05, 0) is 42.8 Å². The van der Waals surface area contributed by atoms with Crippen LogP contribution in [0.2, 0.25) is 0 Å². The van der Waals surface area contributed by atoms with E-state index in [2.05, 4.69) is 43.8 Å². The molecule has 0 radical (unpaired) electrons. The van der Waals surface area contributed by atoms with Crippen LogP contribution >= 0.6 is 15.9 Å². The monoisotopic (exact) mass is 292 g/mol. The molecule has 0 saturated carbocycles. The van der Waals surface area contributed by atoms with Gasteiger partial charge in [0.15, 0.2) is 0 Å². The number of hydrazine groups is 1. The van der Waals surface area contributed by atoms with E-state index in [-0.39, 0.29) is 0 Å². The molecule has 1 aromatic carbocycles. The summed E-state index contributed by atoms with van der Waals surface area (Å²) in [6.45, 7) is 2.04. The molecule has 2 rings (SSSR count). The summed E-state index contributed by atoms with van der Waals surface area (Å²) in [6.07, 6.45) is 0. The van der Waals surface area contributed by atoms with Gasteiger partial charge in [0.25, 0.3) is 0 Å². The smallest absolute Gasteiger partial charge is 0.142 e. The second-order valence-corrected chi connectivity index (χ2v) is 4.61. The summed E-state index contributed by atoms with van der Waals surface area (Å²) in [5.74, 6) is 6.69. The summed E-state index contributed by atoms with van der Waals surface area (Å²) >= 11 is 3.46. The van der Waals surface area contributed by atoms with Crippen molar-refractivity contribution in [3.8, 4) is 0 Å². The Labute approximate surface area is 108 Å². The third-order valence-electron chi connectivity index (χ3n) is 2.21. The van der Waals surface area contributed by atoms with Crippen molar-refractivity contribution in [2.75, 3.05) is 10.7 Å². The van der Waals surface area contributed by atoms with Crippen molar-refractivity contribution in [2.45, 2.75) is 6.92 Å². The number of hydrogen-bond acceptors (Lipinski definition) is 4. The predicted octanol–water partition coefficient (Wildman–Crippen LogP) is 3.18. The number of aryl methyl sites for hydroxylation is 1. The maximum Gasteiger partial charge on any atom is 0.142 e. The van der Waals surface area contributed by atoms with Crippen LogP contribution < -0.4 is 16.6 Å². The molecular formula is C12H13BrN4. The van der Waals surface area contributed by atoms with Crippen molar-refractivity contribution >= 4 is 33.3 Å². The highest BCUT2D eigenvalue weighted by Crippen LogP contribution is 2.22. The van der Waals surface area contributed by atoms with Crippen LogP contribution in [0, 0.1) is 6.92 Å². The van der Waals surface area contributed by atoms with Crippen LogP contribution in [-0.4, -0.2) is 4.98 Å². The highest BCUT2D eigenvalue weighted by atomic mass is 79.9. The molecule has 0 saturated heterocycles. The molecule has 5 heteroatoms. The predicted molar refractivity (Wildman–Crippen MR) is 74.2 cm³/mol. The van der Waals surface area contributed by atoms with Crippen LogP contribution in [0.1, 0.15) is 5.56 Å². The summed E-state index contributed by atoms with van der Waals surface area (Å²) in [4.78, 5) is 4.28. The van der Waals surface area contributed by atoms with Gasteiger partial charge < -0.3 is 10.7 Å². The van der Waals surface area contributed by atoms with Crippen LogP contribution in [-0.2, 0) is 0 Å². The van der Waals surface area contributed by atoms with E-state index in [0.29, 0.717) is 5.82 Å². The number of nitrogens with one attached hydrogen (secondary N) is 2. The standard InChI is InChI=1S/C12H13BrN4/c1-8-5-9(13)7-10(6-8)15-11-3-2-4-12(16-11)17-14/h2-7H,14H2,1H3,(H2,15,16,17). The Kier molecular flexibility index (Phi) is 3.61. The maximum atomic E-state index is 5.31. The van der Waals surface area contributed by atoms with Crippen LogP contribution in [0.5, 0.6) is 0 Å². The average molecular weight is 293 g/mol. The van der Waals surface area contributed by atoms with E-state index < -0.39 is 0 Å². The maximum absolute atomic E-state index is 5.31. The fourth-order valence-electron chi connectivity index (χ4n) is 1.54. The van der Waals surface area contributed by atoms with E-state index in [0.717, 1.165) is 16.0 Å². The number of halogens is 1. The molecule has 0 aliphatic carbocycles. The summed E-state index contributed by atoms with van der Waals surface area (Å²) in [5.41, 5.74) is 4.68. The summed E-state index contributed by atoms with van der Waals surface area (Å²) in [7, 11) is 0. The number of anilines is 3. The first kappa shape index (κ1) is 11.9. The largest absolute Gasteiger partial charge is 0.340 e. The average Bonchev–Trinajstić information content (AvgIpc) is 2.28. The van der Waals surface area contributed by atoms with Crippen molar-refractivity contribution in [3.63, 3.8) is 0 Å². The Bertz CT molecular complexity index is 507. The first-order valence-corrected chi connectivity index (χ1v) is 5.94. The lowest BCUT2D eigenvalue weighted by atomic mass is 10.2. The first-order valence-electron chi connectivity index (χ1n) is 5.15. The number of benzene rings is 1. The van der Waals surface area contributed by atoms with Crippen LogP contribution in [0.4, 0.5) is 17.3 Å². The van der Waals surface area contributed by atoms with E-state index in [1.165, 1.54) is 5.56 Å². The van der Waals surface area contributed by atoms with Gasteiger partial charge >= 0.3 is 0 Å². The molecule has 4 nitrogen and oxygen atoms in total. The highest BCUT2D eigenvalue weighted by Gasteiger charge is 1.99. The summed E-state index contributed by atoms with van der Waals surface area (Å²) in [6, 6.07) is 11.7. The van der Waals surface area contributed by atoms with Gasteiger partial charge in [-0.2, -0.15) is 0 Å². The second kappa shape index (κ2) is 5.16. The number of nitrogens with two attached hydrogens (primary N) is 1. The molecule has 1 heterocycles. The van der Waals surface area contributed by atoms with Gasteiger partial charge in [0, 0.05) is 10.2 Å². The minimum atomic E-state index is 0.627. The lowest BCUT2D eigenvalue weighted by Crippen LogP contribution is -2.08. The van der Waals surface area contributed by atoms with Crippen LogP contribution in [0.15, 0.2) is 40.9 Å². The van der Waals surface area contributed by atoms with Crippen LogP contribution in [0.3, 0.4) is 0 Å². The lowest BCUT2D eigenvalue weighted by Gasteiger charge is -2.08. The molecule has 0 unspecified atom stereocenters. The molecule has 0 aliphatic rings. The number of hydrogen-bond donors (Lipinski definition) is 3. The number of aromatic nitrogens is 1. The van der Waals surface area contributed by atoms with E-state index in [1.54, 1.807) is 6.07 Å². The van der Waals surface area contributed by atoms with Crippen LogP contribution in [0.25, 0.3) is 0 Å². The zero-order chi connectivity index (χ0) is 12.3.